The number of primary amides is 1. The van der Waals surface area contributed by atoms with Gasteiger partial charge in [-0.1, -0.05) is 12.1 Å². The molecule has 0 atom stereocenters. The molecule has 1 heterocycles. The lowest BCUT2D eigenvalue weighted by atomic mass is 10.1. The molecule has 0 radical (unpaired) electrons. The van der Waals surface area contributed by atoms with Crippen molar-refractivity contribution >= 4 is 35.8 Å². The van der Waals surface area contributed by atoms with Crippen molar-refractivity contribution in [3.8, 4) is 5.75 Å². The molecule has 1 aliphatic rings. The molecule has 7 nitrogen and oxygen atoms in total. The Labute approximate surface area is 188 Å². The minimum atomic E-state index is -0.581. The van der Waals surface area contributed by atoms with Gasteiger partial charge in [0.2, 0.25) is 0 Å². The third kappa shape index (κ3) is 6.66. The summed E-state index contributed by atoms with van der Waals surface area (Å²) < 4.78 is 11.6. The zero-order valence-corrected chi connectivity index (χ0v) is 19.2. The van der Waals surface area contributed by atoms with Gasteiger partial charge in [-0.05, 0) is 56.4 Å². The fourth-order valence-electron chi connectivity index (χ4n) is 3.28. The van der Waals surface area contributed by atoms with Crippen LogP contribution in [0.3, 0.4) is 0 Å². The van der Waals surface area contributed by atoms with Crippen molar-refractivity contribution < 1.29 is 13.9 Å². The number of nitrogens with two attached hydrogens (primary N) is 1. The topological polar surface area (TPSA) is 102 Å². The summed E-state index contributed by atoms with van der Waals surface area (Å²) >= 11 is 0. The molecular formula is C21H29IN4O3. The van der Waals surface area contributed by atoms with Crippen LogP contribution in [0, 0.1) is 6.92 Å². The average Bonchev–Trinajstić information content (AvgIpc) is 3.35. The standard InChI is InChI=1S/C21H28N4O3.HI/c1-14-7-8-15(19(11-14)27-16-5-3-4-6-16)12-24-21(23-2)25-13-17-9-10-18(28-17)20(22)26;/h7-11,16H,3-6,12-13H2,1-2H3,(H2,22,26)(H2,23,24,25);1H. The van der Waals surface area contributed by atoms with Crippen molar-refractivity contribution in [3.63, 3.8) is 0 Å². The Kier molecular flexibility index (Phi) is 8.81. The molecule has 1 amide bonds. The van der Waals surface area contributed by atoms with Crippen molar-refractivity contribution in [1.82, 2.24) is 10.6 Å². The second kappa shape index (κ2) is 11.1. The monoisotopic (exact) mass is 512 g/mol. The number of carbonyl (C=O) groups is 1. The van der Waals surface area contributed by atoms with Crippen LogP contribution in [0.2, 0.25) is 0 Å². The second-order valence-corrected chi connectivity index (χ2v) is 7.05. The highest BCUT2D eigenvalue weighted by atomic mass is 127. The van der Waals surface area contributed by atoms with Crippen LogP contribution in [0.15, 0.2) is 39.7 Å². The van der Waals surface area contributed by atoms with E-state index in [1.807, 2.05) is 0 Å². The molecule has 1 aromatic heterocycles. The van der Waals surface area contributed by atoms with Gasteiger partial charge in [-0.25, -0.2) is 0 Å². The molecule has 29 heavy (non-hydrogen) atoms. The largest absolute Gasteiger partial charge is 0.490 e. The van der Waals surface area contributed by atoms with E-state index in [4.69, 9.17) is 14.9 Å². The number of ether oxygens (including phenoxy) is 1. The quantitative estimate of drug-likeness (QED) is 0.300. The van der Waals surface area contributed by atoms with Crippen molar-refractivity contribution in [2.24, 2.45) is 10.7 Å². The number of nitrogens with one attached hydrogen (secondary N) is 2. The maximum absolute atomic E-state index is 11.1. The van der Waals surface area contributed by atoms with Gasteiger partial charge >= 0.3 is 0 Å². The highest BCUT2D eigenvalue weighted by Gasteiger charge is 2.18. The zero-order valence-electron chi connectivity index (χ0n) is 16.9. The Morgan fingerprint density at radius 1 is 1.21 bits per heavy atom. The molecule has 1 saturated carbocycles. The number of rotatable bonds is 7. The number of hydrogen-bond donors (Lipinski definition) is 3. The van der Waals surface area contributed by atoms with Crippen LogP contribution in [-0.2, 0) is 13.1 Å². The van der Waals surface area contributed by atoms with Gasteiger partial charge in [-0.15, -0.1) is 24.0 Å². The minimum absolute atomic E-state index is 0. The molecule has 158 valence electrons. The van der Waals surface area contributed by atoms with Gasteiger partial charge in [-0.3, -0.25) is 9.79 Å². The Morgan fingerprint density at radius 2 is 1.93 bits per heavy atom. The molecule has 3 rings (SSSR count). The fourth-order valence-corrected chi connectivity index (χ4v) is 3.28. The van der Waals surface area contributed by atoms with Crippen molar-refractivity contribution in [1.29, 1.82) is 0 Å². The highest BCUT2D eigenvalue weighted by molar-refractivity contribution is 14.0. The summed E-state index contributed by atoms with van der Waals surface area (Å²) in [5.74, 6) is 1.74. The predicted octanol–water partition coefficient (Wildman–Crippen LogP) is 3.49. The van der Waals surface area contributed by atoms with Gasteiger partial charge in [0.05, 0.1) is 12.6 Å². The van der Waals surface area contributed by atoms with Crippen LogP contribution in [-0.4, -0.2) is 25.0 Å². The van der Waals surface area contributed by atoms with E-state index in [0.29, 0.717) is 30.9 Å². The van der Waals surface area contributed by atoms with Crippen LogP contribution in [0.25, 0.3) is 0 Å². The maximum atomic E-state index is 11.1. The smallest absolute Gasteiger partial charge is 0.284 e. The summed E-state index contributed by atoms with van der Waals surface area (Å²) in [6.45, 7) is 3.06. The Hall–Kier alpha value is -2.23. The Morgan fingerprint density at radius 3 is 2.59 bits per heavy atom. The summed E-state index contributed by atoms with van der Waals surface area (Å²) in [6.07, 6.45) is 5.05. The highest BCUT2D eigenvalue weighted by Crippen LogP contribution is 2.27. The number of amides is 1. The van der Waals surface area contributed by atoms with Crippen LogP contribution in [0.1, 0.15) is 53.1 Å². The lowest BCUT2D eigenvalue weighted by Gasteiger charge is -2.18. The molecule has 8 heteroatoms. The molecule has 0 unspecified atom stereocenters. The Bertz CT molecular complexity index is 844. The number of benzene rings is 1. The number of furan rings is 1. The lowest BCUT2D eigenvalue weighted by molar-refractivity contribution is 0.0972. The SMILES string of the molecule is CN=C(NCc1ccc(C(N)=O)o1)NCc1ccc(C)cc1OC1CCCC1.I. The molecule has 1 aliphatic carbocycles. The first-order valence-corrected chi connectivity index (χ1v) is 9.64. The summed E-state index contributed by atoms with van der Waals surface area (Å²) in [7, 11) is 1.71. The summed E-state index contributed by atoms with van der Waals surface area (Å²) in [5, 5.41) is 6.46. The van der Waals surface area contributed by atoms with E-state index in [1.165, 1.54) is 18.4 Å². The average molecular weight is 512 g/mol. The van der Waals surface area contributed by atoms with Gasteiger partial charge < -0.3 is 25.5 Å². The first-order chi connectivity index (χ1) is 13.5. The summed E-state index contributed by atoms with van der Waals surface area (Å²) in [6, 6.07) is 9.55. The van der Waals surface area contributed by atoms with E-state index in [1.54, 1.807) is 19.2 Å². The second-order valence-electron chi connectivity index (χ2n) is 7.05. The normalized spacial score (nSPS) is 14.3. The number of aliphatic imine (C=N–C) groups is 1. The van der Waals surface area contributed by atoms with Crippen LogP contribution in [0.4, 0.5) is 0 Å². The van der Waals surface area contributed by atoms with Crippen molar-refractivity contribution in [2.45, 2.75) is 51.8 Å². The molecular weight excluding hydrogens is 483 g/mol. The van der Waals surface area contributed by atoms with Gasteiger partial charge in [0, 0.05) is 19.2 Å². The molecule has 0 saturated heterocycles. The van der Waals surface area contributed by atoms with E-state index in [9.17, 15) is 4.79 Å². The number of hydrogen-bond acceptors (Lipinski definition) is 4. The van der Waals surface area contributed by atoms with Gasteiger partial charge in [0.1, 0.15) is 11.5 Å². The first kappa shape index (κ1) is 23.1. The van der Waals surface area contributed by atoms with E-state index in [0.717, 1.165) is 24.2 Å². The van der Waals surface area contributed by atoms with Crippen LogP contribution < -0.4 is 21.1 Å². The van der Waals surface area contributed by atoms with Crippen LogP contribution in [0.5, 0.6) is 5.75 Å². The molecule has 1 fully saturated rings. The van der Waals surface area contributed by atoms with Gasteiger partial charge in [-0.2, -0.15) is 0 Å². The third-order valence-corrected chi connectivity index (χ3v) is 4.82. The van der Waals surface area contributed by atoms with E-state index in [-0.39, 0.29) is 29.7 Å². The number of carbonyl (C=O) groups excluding carboxylic acids is 1. The molecule has 0 spiro atoms. The molecule has 1 aromatic carbocycles. The van der Waals surface area contributed by atoms with Gasteiger partial charge in [0.25, 0.3) is 5.91 Å². The number of nitrogens with zero attached hydrogens (tertiary/aromatic N) is 1. The Balaban J connectivity index is 0.00000300. The van der Waals surface area contributed by atoms with Crippen molar-refractivity contribution in [2.75, 3.05) is 7.05 Å². The molecule has 4 N–H and O–H groups in total. The van der Waals surface area contributed by atoms with E-state index < -0.39 is 5.91 Å². The molecule has 0 bridgehead atoms. The molecule has 2 aromatic rings. The lowest BCUT2D eigenvalue weighted by Crippen LogP contribution is -2.36. The zero-order chi connectivity index (χ0) is 19.9. The summed E-state index contributed by atoms with van der Waals surface area (Å²) in [5.41, 5.74) is 7.48. The number of guanidine groups is 1. The first-order valence-electron chi connectivity index (χ1n) is 9.64. The van der Waals surface area contributed by atoms with E-state index in [2.05, 4.69) is 40.7 Å². The van der Waals surface area contributed by atoms with E-state index >= 15 is 0 Å². The fraction of sp³-hybridized carbons (Fsp3) is 0.429. The van der Waals surface area contributed by atoms with Crippen molar-refractivity contribution in [3.05, 3.63) is 53.0 Å². The summed E-state index contributed by atoms with van der Waals surface area (Å²) in [4.78, 5) is 15.3. The number of aryl methyl sites for hydroxylation is 1. The molecule has 0 aliphatic heterocycles. The minimum Gasteiger partial charge on any atom is -0.490 e. The number of halogens is 1. The predicted molar refractivity (Wildman–Crippen MR) is 124 cm³/mol. The van der Waals surface area contributed by atoms with Gasteiger partial charge in [0.15, 0.2) is 11.7 Å². The maximum Gasteiger partial charge on any atom is 0.284 e. The van der Waals surface area contributed by atoms with Crippen LogP contribution >= 0.6 is 24.0 Å². The third-order valence-electron chi connectivity index (χ3n) is 4.82.